The maximum atomic E-state index is 11.5. The molecule has 3 N–H and O–H groups in total. The van der Waals surface area contributed by atoms with Gasteiger partial charge in [0.05, 0.1) is 8.04 Å². The zero-order chi connectivity index (χ0) is 14.2. The summed E-state index contributed by atoms with van der Waals surface area (Å²) < 4.78 is 1.01. The van der Waals surface area contributed by atoms with Crippen LogP contribution in [-0.2, 0) is 9.59 Å². The topological polar surface area (TPSA) is 95.5 Å². The van der Waals surface area contributed by atoms with Crippen LogP contribution in [0, 0.1) is 3.57 Å². The Labute approximate surface area is 129 Å². The Morgan fingerprint density at radius 1 is 1.16 bits per heavy atom. The van der Waals surface area contributed by atoms with Gasteiger partial charge < -0.3 is 5.11 Å². The van der Waals surface area contributed by atoms with Crippen LogP contribution in [0.4, 0.5) is 4.79 Å². The molecule has 6 nitrogen and oxygen atoms in total. The monoisotopic (exact) mass is 436 g/mol. The third-order valence-corrected chi connectivity index (χ3v) is 3.72. The van der Waals surface area contributed by atoms with Gasteiger partial charge in [-0.1, -0.05) is 0 Å². The molecule has 0 aliphatic carbocycles. The fourth-order valence-electron chi connectivity index (χ4n) is 1.44. The van der Waals surface area contributed by atoms with Gasteiger partial charge in [-0.05, 0) is 62.3 Å². The highest BCUT2D eigenvalue weighted by molar-refractivity contribution is 14.1. The number of phenols is 1. The Bertz CT molecular complexity index is 597. The van der Waals surface area contributed by atoms with Crippen molar-refractivity contribution in [1.82, 2.24) is 10.6 Å². The molecule has 2 rings (SSSR count). The Hall–Kier alpha value is -1.42. The van der Waals surface area contributed by atoms with Crippen molar-refractivity contribution in [3.63, 3.8) is 0 Å². The van der Waals surface area contributed by atoms with Crippen LogP contribution in [0.2, 0.25) is 0 Å². The molecule has 0 bridgehead atoms. The maximum Gasteiger partial charge on any atom is 0.328 e. The van der Waals surface area contributed by atoms with Gasteiger partial charge in [-0.15, -0.1) is 0 Å². The molecule has 1 aromatic carbocycles. The van der Waals surface area contributed by atoms with E-state index in [1.807, 2.05) is 33.2 Å². The van der Waals surface area contributed by atoms with Crippen molar-refractivity contribution in [2.24, 2.45) is 0 Å². The Kier molecular flexibility index (Phi) is 3.90. The van der Waals surface area contributed by atoms with Crippen LogP contribution in [0.1, 0.15) is 5.56 Å². The number of aromatic hydroxyl groups is 1. The Balaban J connectivity index is 2.43. The first-order valence-electron chi connectivity index (χ1n) is 4.95. The minimum Gasteiger partial charge on any atom is -0.506 e. The summed E-state index contributed by atoms with van der Waals surface area (Å²) in [6, 6.07) is 2.32. The minimum atomic E-state index is -0.839. The van der Waals surface area contributed by atoms with Gasteiger partial charge in [0, 0.05) is 0 Å². The minimum absolute atomic E-state index is 0.0791. The standard InChI is InChI=1S/C11H6BrIN2O4/c12-6-2-4(3-7(13)8(6)16)1-5-9(17)14-11(19)15-10(5)18/h1-3,16H,(H2,14,15,17,18,19). The lowest BCUT2D eigenvalue weighted by atomic mass is 10.1. The van der Waals surface area contributed by atoms with Crippen LogP contribution in [0.25, 0.3) is 6.08 Å². The number of nitrogens with one attached hydrogen (secondary N) is 2. The molecule has 1 heterocycles. The molecule has 0 radical (unpaired) electrons. The lowest BCUT2D eigenvalue weighted by molar-refractivity contribution is -0.123. The summed E-state index contributed by atoms with van der Waals surface area (Å²) in [6.07, 6.45) is 1.34. The van der Waals surface area contributed by atoms with Gasteiger partial charge in [-0.2, -0.15) is 0 Å². The van der Waals surface area contributed by atoms with Gasteiger partial charge in [-0.25, -0.2) is 4.79 Å². The highest BCUT2D eigenvalue weighted by Gasteiger charge is 2.27. The van der Waals surface area contributed by atoms with Gasteiger partial charge in [0.1, 0.15) is 11.3 Å². The van der Waals surface area contributed by atoms with E-state index in [1.54, 1.807) is 12.1 Å². The van der Waals surface area contributed by atoms with E-state index < -0.39 is 17.8 Å². The van der Waals surface area contributed by atoms with Crippen LogP contribution < -0.4 is 10.6 Å². The SMILES string of the molecule is O=C1NC(=O)C(=Cc2cc(Br)c(O)c(I)c2)C(=O)N1. The smallest absolute Gasteiger partial charge is 0.328 e. The van der Waals surface area contributed by atoms with Crippen molar-refractivity contribution in [1.29, 1.82) is 0 Å². The third-order valence-electron chi connectivity index (χ3n) is 2.29. The summed E-state index contributed by atoms with van der Waals surface area (Å²) in [6.45, 7) is 0. The van der Waals surface area contributed by atoms with Crippen molar-refractivity contribution < 1.29 is 19.5 Å². The normalized spacial score (nSPS) is 15.1. The predicted octanol–water partition coefficient (Wildman–Crippen LogP) is 1.51. The van der Waals surface area contributed by atoms with E-state index in [2.05, 4.69) is 15.9 Å². The summed E-state index contributed by atoms with van der Waals surface area (Å²) in [7, 11) is 0. The number of hydrogen-bond acceptors (Lipinski definition) is 4. The zero-order valence-corrected chi connectivity index (χ0v) is 12.9. The zero-order valence-electron chi connectivity index (χ0n) is 9.16. The number of hydrogen-bond donors (Lipinski definition) is 3. The molecule has 4 amide bonds. The van der Waals surface area contributed by atoms with Crippen molar-refractivity contribution in [3.05, 3.63) is 31.3 Å². The Morgan fingerprint density at radius 2 is 1.74 bits per heavy atom. The van der Waals surface area contributed by atoms with E-state index in [1.165, 1.54) is 6.08 Å². The van der Waals surface area contributed by atoms with Crippen molar-refractivity contribution in [2.45, 2.75) is 0 Å². The Morgan fingerprint density at radius 3 is 2.26 bits per heavy atom. The molecule has 1 fully saturated rings. The number of amides is 4. The fourth-order valence-corrected chi connectivity index (χ4v) is 2.94. The predicted molar refractivity (Wildman–Crippen MR) is 78.2 cm³/mol. The molecular formula is C11H6BrIN2O4. The molecule has 98 valence electrons. The van der Waals surface area contributed by atoms with Gasteiger partial charge in [0.15, 0.2) is 0 Å². The average molecular weight is 437 g/mol. The third kappa shape index (κ3) is 2.95. The molecular weight excluding hydrogens is 431 g/mol. The van der Waals surface area contributed by atoms with Gasteiger partial charge in [0.2, 0.25) is 0 Å². The molecule has 0 unspecified atom stereocenters. The lowest BCUT2D eigenvalue weighted by Gasteiger charge is -2.14. The van der Waals surface area contributed by atoms with E-state index in [-0.39, 0.29) is 11.3 Å². The van der Waals surface area contributed by atoms with Gasteiger partial charge in [0.25, 0.3) is 11.8 Å². The second kappa shape index (κ2) is 5.29. The molecule has 0 spiro atoms. The number of phenolic OH excluding ortho intramolecular Hbond substituents is 1. The highest BCUT2D eigenvalue weighted by atomic mass is 127. The molecule has 0 aromatic heterocycles. The van der Waals surface area contributed by atoms with Crippen LogP contribution >= 0.6 is 38.5 Å². The maximum absolute atomic E-state index is 11.5. The molecule has 1 saturated heterocycles. The number of rotatable bonds is 1. The number of imide groups is 2. The summed E-state index contributed by atoms with van der Waals surface area (Å²) in [4.78, 5) is 34.0. The molecule has 0 saturated carbocycles. The van der Waals surface area contributed by atoms with Crippen LogP contribution in [0.15, 0.2) is 22.2 Å². The highest BCUT2D eigenvalue weighted by Crippen LogP contribution is 2.31. The van der Waals surface area contributed by atoms with E-state index >= 15 is 0 Å². The van der Waals surface area contributed by atoms with Crippen LogP contribution in [-0.4, -0.2) is 23.0 Å². The number of carbonyl (C=O) groups is 3. The fraction of sp³-hybridized carbons (Fsp3) is 0. The summed E-state index contributed by atoms with van der Waals surface area (Å²) in [5, 5.41) is 13.6. The number of benzene rings is 1. The van der Waals surface area contributed by atoms with E-state index in [0.717, 1.165) is 0 Å². The summed E-state index contributed by atoms with van der Waals surface area (Å²) in [5.74, 6) is -1.43. The molecule has 1 aliphatic heterocycles. The second-order valence-electron chi connectivity index (χ2n) is 3.63. The number of barbiturate groups is 1. The number of urea groups is 1. The quantitative estimate of drug-likeness (QED) is 0.353. The second-order valence-corrected chi connectivity index (χ2v) is 5.65. The van der Waals surface area contributed by atoms with Gasteiger partial charge >= 0.3 is 6.03 Å². The molecule has 1 aromatic rings. The van der Waals surface area contributed by atoms with Crippen molar-refractivity contribution >= 4 is 62.4 Å². The largest absolute Gasteiger partial charge is 0.506 e. The molecule has 19 heavy (non-hydrogen) atoms. The number of carbonyl (C=O) groups excluding carboxylic acids is 3. The molecule has 0 atom stereocenters. The molecule has 1 aliphatic rings. The van der Waals surface area contributed by atoms with Crippen molar-refractivity contribution in [2.75, 3.05) is 0 Å². The summed E-state index contributed by atoms with van der Waals surface area (Å²) in [5.41, 5.74) is 0.372. The number of halogens is 2. The van der Waals surface area contributed by atoms with Crippen LogP contribution in [0.3, 0.4) is 0 Å². The molecule has 8 heteroatoms. The van der Waals surface area contributed by atoms with E-state index in [0.29, 0.717) is 13.6 Å². The first-order chi connectivity index (χ1) is 8.88. The summed E-state index contributed by atoms with van der Waals surface area (Å²) >= 11 is 5.08. The van der Waals surface area contributed by atoms with Crippen LogP contribution in [0.5, 0.6) is 5.75 Å². The first kappa shape index (κ1) is 14.0. The van der Waals surface area contributed by atoms with E-state index in [4.69, 9.17) is 0 Å². The van der Waals surface area contributed by atoms with Gasteiger partial charge in [-0.3, -0.25) is 20.2 Å². The van der Waals surface area contributed by atoms with E-state index in [9.17, 15) is 19.5 Å². The van der Waals surface area contributed by atoms with Crippen molar-refractivity contribution in [3.8, 4) is 5.75 Å². The average Bonchev–Trinajstić information content (AvgIpc) is 2.30. The lowest BCUT2D eigenvalue weighted by Crippen LogP contribution is -2.51. The first-order valence-corrected chi connectivity index (χ1v) is 6.82.